The summed E-state index contributed by atoms with van der Waals surface area (Å²) in [6, 6.07) is 8.49. The number of para-hydroxylation sites is 1. The van der Waals surface area contributed by atoms with Crippen molar-refractivity contribution in [2.45, 2.75) is 18.1 Å². The summed E-state index contributed by atoms with van der Waals surface area (Å²) in [6.45, 7) is 0. The van der Waals surface area contributed by atoms with Crippen molar-refractivity contribution in [1.29, 1.82) is 0 Å². The first-order valence-electron chi connectivity index (χ1n) is 6.18. The predicted molar refractivity (Wildman–Crippen MR) is 75.6 cm³/mol. The molecular weight excluding hydrogens is 278 g/mol. The van der Waals surface area contributed by atoms with Gasteiger partial charge in [-0.25, -0.2) is 18.1 Å². The number of pyridine rings is 1. The Bertz CT molecular complexity index is 798. The average Bonchev–Trinajstić information content (AvgIpc) is 3.23. The van der Waals surface area contributed by atoms with Crippen LogP contribution in [0.15, 0.2) is 30.3 Å². The molecule has 1 aromatic carbocycles. The van der Waals surface area contributed by atoms with Crippen LogP contribution in [-0.4, -0.2) is 24.6 Å². The number of nitrogens with two attached hydrogens (primary N) is 1. The number of amides is 1. The summed E-state index contributed by atoms with van der Waals surface area (Å²) in [7, 11) is -3.58. The molecule has 0 unspecified atom stereocenters. The number of carbonyl (C=O) groups is 1. The Balaban J connectivity index is 1.95. The van der Waals surface area contributed by atoms with Gasteiger partial charge in [-0.3, -0.25) is 4.79 Å². The number of hydrogen-bond donors (Lipinski definition) is 2. The first-order chi connectivity index (χ1) is 9.47. The van der Waals surface area contributed by atoms with E-state index < -0.39 is 21.2 Å². The minimum Gasteiger partial charge on any atom is -0.398 e. The third kappa shape index (κ3) is 2.32. The second-order valence-electron chi connectivity index (χ2n) is 4.79. The van der Waals surface area contributed by atoms with Crippen LogP contribution in [0.2, 0.25) is 0 Å². The second kappa shape index (κ2) is 4.45. The number of anilines is 1. The smallest absolute Gasteiger partial charge is 0.283 e. The molecule has 3 rings (SSSR count). The van der Waals surface area contributed by atoms with E-state index in [1.807, 2.05) is 10.8 Å². The van der Waals surface area contributed by atoms with Crippen LogP contribution >= 0.6 is 0 Å². The lowest BCUT2D eigenvalue weighted by atomic mass is 10.1. The maximum Gasteiger partial charge on any atom is 0.283 e. The van der Waals surface area contributed by atoms with Gasteiger partial charge in [-0.2, -0.15) is 0 Å². The molecule has 0 spiro atoms. The van der Waals surface area contributed by atoms with Gasteiger partial charge in [0.2, 0.25) is 10.0 Å². The molecule has 1 aromatic heterocycles. The summed E-state index contributed by atoms with van der Waals surface area (Å²) >= 11 is 0. The van der Waals surface area contributed by atoms with Gasteiger partial charge < -0.3 is 5.73 Å². The number of nitrogen functional groups attached to an aromatic ring is 1. The van der Waals surface area contributed by atoms with Gasteiger partial charge >= 0.3 is 0 Å². The zero-order valence-electron chi connectivity index (χ0n) is 10.5. The number of sulfonamides is 1. The van der Waals surface area contributed by atoms with Gasteiger partial charge in [-0.15, -0.1) is 0 Å². The summed E-state index contributed by atoms with van der Waals surface area (Å²) < 4.78 is 25.5. The predicted octanol–water partition coefficient (Wildman–Crippen LogP) is 1.04. The molecule has 2 aromatic rings. The largest absolute Gasteiger partial charge is 0.398 e. The summed E-state index contributed by atoms with van der Waals surface area (Å²) in [5, 5.41) is 0.276. The fraction of sp³-hybridized carbons (Fsp3) is 0.231. The molecule has 0 aliphatic heterocycles. The monoisotopic (exact) mass is 291 g/mol. The second-order valence-corrected chi connectivity index (χ2v) is 6.75. The number of nitrogens with zero attached hydrogens (tertiary/aromatic N) is 1. The van der Waals surface area contributed by atoms with E-state index in [4.69, 9.17) is 5.73 Å². The highest BCUT2D eigenvalue weighted by molar-refractivity contribution is 7.91. The Morgan fingerprint density at radius 3 is 2.70 bits per heavy atom. The first-order valence-corrected chi connectivity index (χ1v) is 7.73. The Morgan fingerprint density at radius 1 is 1.30 bits per heavy atom. The lowest BCUT2D eigenvalue weighted by molar-refractivity contribution is 0.0977. The van der Waals surface area contributed by atoms with Gasteiger partial charge in [0.05, 0.1) is 10.8 Å². The van der Waals surface area contributed by atoms with Crippen molar-refractivity contribution in [3.05, 3.63) is 36.0 Å². The summed E-state index contributed by atoms with van der Waals surface area (Å²) in [5.74, 6) is -0.741. The zero-order valence-corrected chi connectivity index (χ0v) is 11.4. The molecule has 1 aliphatic rings. The lowest BCUT2D eigenvalue weighted by Gasteiger charge is -2.07. The first kappa shape index (κ1) is 12.9. The molecule has 1 heterocycles. The van der Waals surface area contributed by atoms with Gasteiger partial charge in [-0.1, -0.05) is 18.2 Å². The number of nitrogens with one attached hydrogen (secondary N) is 1. The van der Waals surface area contributed by atoms with Crippen LogP contribution in [0.4, 0.5) is 5.69 Å². The number of hydrogen-bond acceptors (Lipinski definition) is 5. The van der Waals surface area contributed by atoms with Gasteiger partial charge in [-0.05, 0) is 25.0 Å². The van der Waals surface area contributed by atoms with Crippen LogP contribution in [-0.2, 0) is 10.0 Å². The maximum atomic E-state index is 12.0. The van der Waals surface area contributed by atoms with Crippen molar-refractivity contribution in [3.8, 4) is 0 Å². The minimum atomic E-state index is -3.58. The van der Waals surface area contributed by atoms with E-state index in [2.05, 4.69) is 4.98 Å². The molecule has 1 fully saturated rings. The fourth-order valence-electron chi connectivity index (χ4n) is 1.96. The molecule has 20 heavy (non-hydrogen) atoms. The fourth-order valence-corrected chi connectivity index (χ4v) is 3.25. The van der Waals surface area contributed by atoms with Gasteiger partial charge in [0, 0.05) is 11.1 Å². The van der Waals surface area contributed by atoms with Crippen LogP contribution < -0.4 is 10.5 Å². The van der Waals surface area contributed by atoms with Crippen molar-refractivity contribution >= 4 is 32.5 Å². The Kier molecular flexibility index (Phi) is 2.86. The highest BCUT2D eigenvalue weighted by Crippen LogP contribution is 2.27. The lowest BCUT2D eigenvalue weighted by Crippen LogP contribution is -2.33. The third-order valence-electron chi connectivity index (χ3n) is 3.18. The Hall–Kier alpha value is -2.15. The quantitative estimate of drug-likeness (QED) is 0.879. The van der Waals surface area contributed by atoms with Crippen LogP contribution in [0.5, 0.6) is 0 Å². The van der Waals surface area contributed by atoms with E-state index in [1.54, 1.807) is 18.2 Å². The van der Waals surface area contributed by atoms with Crippen molar-refractivity contribution < 1.29 is 13.2 Å². The number of rotatable bonds is 3. The number of carbonyl (C=O) groups excluding carboxylic acids is 1. The van der Waals surface area contributed by atoms with E-state index in [1.165, 1.54) is 6.07 Å². The molecule has 1 amide bonds. The molecule has 3 N–H and O–H groups in total. The Morgan fingerprint density at radius 2 is 2.00 bits per heavy atom. The third-order valence-corrected chi connectivity index (χ3v) is 5.00. The molecule has 1 saturated carbocycles. The van der Waals surface area contributed by atoms with Gasteiger partial charge in [0.1, 0.15) is 5.69 Å². The van der Waals surface area contributed by atoms with E-state index >= 15 is 0 Å². The van der Waals surface area contributed by atoms with Crippen molar-refractivity contribution in [1.82, 2.24) is 9.71 Å². The summed E-state index contributed by atoms with van der Waals surface area (Å²) in [6.07, 6.45) is 1.19. The van der Waals surface area contributed by atoms with Gasteiger partial charge in [0.25, 0.3) is 5.91 Å². The van der Waals surface area contributed by atoms with Crippen molar-refractivity contribution in [2.24, 2.45) is 0 Å². The Labute approximate surface area is 116 Å². The minimum absolute atomic E-state index is 0.00502. The van der Waals surface area contributed by atoms with E-state index in [0.717, 1.165) is 5.39 Å². The molecule has 104 valence electrons. The van der Waals surface area contributed by atoms with Crippen LogP contribution in [0.1, 0.15) is 23.3 Å². The highest BCUT2D eigenvalue weighted by atomic mass is 32.2. The molecule has 1 aliphatic carbocycles. The van der Waals surface area contributed by atoms with Gasteiger partial charge in [0.15, 0.2) is 0 Å². The average molecular weight is 291 g/mol. The van der Waals surface area contributed by atoms with E-state index in [9.17, 15) is 13.2 Å². The van der Waals surface area contributed by atoms with Crippen molar-refractivity contribution in [3.63, 3.8) is 0 Å². The number of benzene rings is 1. The number of aromatic nitrogens is 1. The van der Waals surface area contributed by atoms with Crippen LogP contribution in [0.3, 0.4) is 0 Å². The normalized spacial score (nSPS) is 15.2. The van der Waals surface area contributed by atoms with E-state index in [-0.39, 0.29) is 5.69 Å². The standard InChI is InChI=1S/C13H13N3O3S/c14-10-7-12(15-11-4-2-1-3-9(10)11)13(17)16-20(18,19)8-5-6-8/h1-4,7-8H,5-6H2,(H2,14,15)(H,16,17). The van der Waals surface area contributed by atoms with E-state index in [0.29, 0.717) is 24.0 Å². The van der Waals surface area contributed by atoms with Crippen LogP contribution in [0.25, 0.3) is 10.9 Å². The molecule has 7 heteroatoms. The molecule has 0 atom stereocenters. The van der Waals surface area contributed by atoms with Crippen LogP contribution in [0, 0.1) is 0 Å². The summed E-state index contributed by atoms with van der Waals surface area (Å²) in [5.41, 5.74) is 6.82. The SMILES string of the molecule is Nc1cc(C(=O)NS(=O)(=O)C2CC2)nc2ccccc12. The maximum absolute atomic E-state index is 12.0. The number of fused-ring (bicyclic) bond motifs is 1. The molecule has 0 saturated heterocycles. The zero-order chi connectivity index (χ0) is 14.3. The molecule has 0 radical (unpaired) electrons. The van der Waals surface area contributed by atoms with Crippen molar-refractivity contribution in [2.75, 3.05) is 5.73 Å². The molecule has 6 nitrogen and oxygen atoms in total. The highest BCUT2D eigenvalue weighted by Gasteiger charge is 2.37. The topological polar surface area (TPSA) is 102 Å². The summed E-state index contributed by atoms with van der Waals surface area (Å²) in [4.78, 5) is 16.1. The molecular formula is C13H13N3O3S. The molecule has 0 bridgehead atoms.